The van der Waals surface area contributed by atoms with Crippen LogP contribution in [0.25, 0.3) is 5.69 Å². The molecular weight excluding hydrogens is 298 g/mol. The summed E-state index contributed by atoms with van der Waals surface area (Å²) in [4.78, 5) is 40.4. The van der Waals surface area contributed by atoms with Gasteiger partial charge in [-0.1, -0.05) is 12.1 Å². The summed E-state index contributed by atoms with van der Waals surface area (Å²) in [6, 6.07) is 5.30. The van der Waals surface area contributed by atoms with Crippen molar-refractivity contribution in [3.8, 4) is 5.69 Å². The summed E-state index contributed by atoms with van der Waals surface area (Å²) in [5.74, 6) is -1.33. The highest BCUT2D eigenvalue weighted by molar-refractivity contribution is 5.86. The number of hydrogen-bond donors (Lipinski definition) is 2. The van der Waals surface area contributed by atoms with Gasteiger partial charge in [-0.05, 0) is 45.1 Å². The van der Waals surface area contributed by atoms with Crippen molar-refractivity contribution in [1.29, 1.82) is 0 Å². The first-order valence-electron chi connectivity index (χ1n) is 7.07. The van der Waals surface area contributed by atoms with Crippen molar-refractivity contribution < 1.29 is 9.90 Å². The molecule has 1 heterocycles. The third-order valence-electron chi connectivity index (χ3n) is 3.70. The Balaban J connectivity index is 2.86. The molecule has 0 aliphatic carbocycles. The summed E-state index contributed by atoms with van der Waals surface area (Å²) in [6.07, 6.45) is 0. The molecule has 1 aromatic heterocycles. The summed E-state index contributed by atoms with van der Waals surface area (Å²) in [6.45, 7) is 3.81. The van der Waals surface area contributed by atoms with Crippen LogP contribution in [0.3, 0.4) is 0 Å². The summed E-state index contributed by atoms with van der Waals surface area (Å²) < 4.78 is 0.994. The normalized spacial score (nSPS) is 11.0. The van der Waals surface area contributed by atoms with E-state index in [0.29, 0.717) is 5.69 Å². The third kappa shape index (κ3) is 3.09. The van der Waals surface area contributed by atoms with Crippen molar-refractivity contribution >= 4 is 5.97 Å². The number of rotatable bonds is 4. The lowest BCUT2D eigenvalue weighted by Crippen LogP contribution is -2.40. The fourth-order valence-electron chi connectivity index (χ4n) is 2.41. The van der Waals surface area contributed by atoms with Gasteiger partial charge in [-0.15, -0.1) is 0 Å². The van der Waals surface area contributed by atoms with Crippen LogP contribution in [0.4, 0.5) is 0 Å². The molecule has 0 radical (unpaired) electrons. The van der Waals surface area contributed by atoms with Crippen LogP contribution in [0.1, 0.15) is 27.2 Å². The number of hydrogen-bond acceptors (Lipinski definition) is 4. The second-order valence-electron chi connectivity index (χ2n) is 5.69. The number of benzene rings is 1. The fourth-order valence-corrected chi connectivity index (χ4v) is 2.41. The van der Waals surface area contributed by atoms with Gasteiger partial charge in [0.2, 0.25) is 0 Å². The van der Waals surface area contributed by atoms with Gasteiger partial charge >= 0.3 is 11.7 Å². The van der Waals surface area contributed by atoms with Gasteiger partial charge in [-0.3, -0.25) is 4.79 Å². The first-order chi connectivity index (χ1) is 10.7. The van der Waals surface area contributed by atoms with Gasteiger partial charge in [-0.25, -0.2) is 14.2 Å². The van der Waals surface area contributed by atoms with Crippen LogP contribution >= 0.6 is 0 Å². The molecule has 0 unspecified atom stereocenters. The van der Waals surface area contributed by atoms with E-state index in [2.05, 4.69) is 4.98 Å². The molecular formula is C16H19N3O4. The first-order valence-corrected chi connectivity index (χ1v) is 7.07. The standard InChI is InChI=1S/C16H19N3O4/c1-9-6-5-7-12(10(9)2)19-14(20)11(8-18(3)4)13(15(21)22)17-16(19)23/h5-7H,8H2,1-4H3,(H,17,23)(H,21,22). The van der Waals surface area contributed by atoms with Crippen LogP contribution in [0.5, 0.6) is 0 Å². The predicted molar refractivity (Wildman–Crippen MR) is 86.5 cm³/mol. The van der Waals surface area contributed by atoms with E-state index in [4.69, 9.17) is 0 Å². The highest BCUT2D eigenvalue weighted by Gasteiger charge is 2.21. The van der Waals surface area contributed by atoms with Gasteiger partial charge in [0.25, 0.3) is 5.56 Å². The van der Waals surface area contributed by atoms with Crippen LogP contribution in [-0.4, -0.2) is 39.6 Å². The summed E-state index contributed by atoms with van der Waals surface area (Å²) in [5, 5.41) is 9.25. The number of aromatic amines is 1. The lowest BCUT2D eigenvalue weighted by Gasteiger charge is -2.15. The number of nitrogens with one attached hydrogen (secondary N) is 1. The Morgan fingerprint density at radius 3 is 2.48 bits per heavy atom. The number of aromatic nitrogens is 2. The molecule has 0 fully saturated rings. The molecule has 0 atom stereocenters. The van der Waals surface area contributed by atoms with Gasteiger partial charge in [0.15, 0.2) is 0 Å². The van der Waals surface area contributed by atoms with Crippen LogP contribution in [0.15, 0.2) is 27.8 Å². The predicted octanol–water partition coefficient (Wildman–Crippen LogP) is 0.902. The van der Waals surface area contributed by atoms with Gasteiger partial charge in [0.1, 0.15) is 5.69 Å². The van der Waals surface area contributed by atoms with Gasteiger partial charge < -0.3 is 15.0 Å². The van der Waals surface area contributed by atoms with Crippen molar-refractivity contribution in [2.24, 2.45) is 0 Å². The second-order valence-corrected chi connectivity index (χ2v) is 5.69. The number of H-pyrrole nitrogens is 1. The van der Waals surface area contributed by atoms with E-state index in [1.807, 2.05) is 19.9 Å². The second kappa shape index (κ2) is 6.21. The SMILES string of the molecule is Cc1cccc(-n2c(=O)[nH]c(C(=O)O)c(CN(C)C)c2=O)c1C. The summed E-state index contributed by atoms with van der Waals surface area (Å²) in [5.41, 5.74) is 0.480. The van der Waals surface area contributed by atoms with E-state index in [0.717, 1.165) is 15.7 Å². The minimum atomic E-state index is -1.33. The maximum absolute atomic E-state index is 12.8. The molecule has 122 valence electrons. The fraction of sp³-hybridized carbons (Fsp3) is 0.312. The number of aromatic carboxylic acids is 1. The Kier molecular flexibility index (Phi) is 4.51. The monoisotopic (exact) mass is 317 g/mol. The number of carbonyl (C=O) groups is 1. The molecule has 1 aromatic carbocycles. The largest absolute Gasteiger partial charge is 0.477 e. The quantitative estimate of drug-likeness (QED) is 0.873. The molecule has 0 aliphatic rings. The molecule has 7 heteroatoms. The maximum atomic E-state index is 12.8. The Bertz CT molecular complexity index is 878. The van der Waals surface area contributed by atoms with Crippen molar-refractivity contribution in [2.45, 2.75) is 20.4 Å². The molecule has 2 rings (SSSR count). The highest BCUT2D eigenvalue weighted by atomic mass is 16.4. The zero-order valence-corrected chi connectivity index (χ0v) is 13.5. The van der Waals surface area contributed by atoms with E-state index in [-0.39, 0.29) is 17.8 Å². The minimum absolute atomic E-state index is 0.0445. The Labute approximate surface area is 132 Å². The third-order valence-corrected chi connectivity index (χ3v) is 3.70. The number of nitrogens with zero attached hydrogens (tertiary/aromatic N) is 2. The Morgan fingerprint density at radius 1 is 1.26 bits per heavy atom. The molecule has 0 saturated carbocycles. The van der Waals surface area contributed by atoms with Crippen LogP contribution in [-0.2, 0) is 6.54 Å². The molecule has 0 saturated heterocycles. The lowest BCUT2D eigenvalue weighted by atomic mass is 10.1. The molecule has 0 bridgehead atoms. The molecule has 2 N–H and O–H groups in total. The number of carboxylic acids is 1. The number of carboxylic acid groups (broad SMARTS) is 1. The molecule has 23 heavy (non-hydrogen) atoms. The zero-order chi connectivity index (χ0) is 17.3. The van der Waals surface area contributed by atoms with Crippen molar-refractivity contribution in [3.05, 3.63) is 61.4 Å². The van der Waals surface area contributed by atoms with E-state index in [9.17, 15) is 19.5 Å². The average Bonchev–Trinajstić information content (AvgIpc) is 2.45. The van der Waals surface area contributed by atoms with Gasteiger partial charge in [0, 0.05) is 6.54 Å². The smallest absolute Gasteiger partial charge is 0.352 e. The maximum Gasteiger partial charge on any atom is 0.352 e. The van der Waals surface area contributed by atoms with Crippen LogP contribution < -0.4 is 11.2 Å². The molecule has 0 amide bonds. The molecule has 0 spiro atoms. The van der Waals surface area contributed by atoms with Crippen molar-refractivity contribution in [1.82, 2.24) is 14.5 Å². The first kappa shape index (κ1) is 16.7. The Hall–Kier alpha value is -2.67. The van der Waals surface area contributed by atoms with Gasteiger partial charge in [0.05, 0.1) is 11.3 Å². The van der Waals surface area contributed by atoms with Crippen molar-refractivity contribution in [2.75, 3.05) is 14.1 Å². The van der Waals surface area contributed by atoms with Crippen LogP contribution in [0.2, 0.25) is 0 Å². The lowest BCUT2D eigenvalue weighted by molar-refractivity contribution is 0.0687. The molecule has 0 aliphatic heterocycles. The van der Waals surface area contributed by atoms with E-state index in [1.165, 1.54) is 0 Å². The zero-order valence-electron chi connectivity index (χ0n) is 13.5. The summed E-state index contributed by atoms with van der Waals surface area (Å²) >= 11 is 0. The average molecular weight is 317 g/mol. The highest BCUT2D eigenvalue weighted by Crippen LogP contribution is 2.15. The molecule has 7 nitrogen and oxygen atoms in total. The van der Waals surface area contributed by atoms with E-state index < -0.39 is 17.2 Å². The topological polar surface area (TPSA) is 95.4 Å². The van der Waals surface area contributed by atoms with Crippen LogP contribution in [0, 0.1) is 13.8 Å². The van der Waals surface area contributed by atoms with Gasteiger partial charge in [-0.2, -0.15) is 0 Å². The van der Waals surface area contributed by atoms with E-state index >= 15 is 0 Å². The minimum Gasteiger partial charge on any atom is -0.477 e. The Morgan fingerprint density at radius 2 is 1.91 bits per heavy atom. The van der Waals surface area contributed by atoms with Crippen molar-refractivity contribution in [3.63, 3.8) is 0 Å². The molecule has 2 aromatic rings. The summed E-state index contributed by atoms with van der Waals surface area (Å²) in [7, 11) is 3.44. The van der Waals surface area contributed by atoms with E-state index in [1.54, 1.807) is 31.1 Å². The number of aryl methyl sites for hydroxylation is 1.